The number of aryl methyl sites for hydroxylation is 2. The van der Waals surface area contributed by atoms with Crippen LogP contribution in [-0.4, -0.2) is 5.11 Å². The predicted molar refractivity (Wildman–Crippen MR) is 67.7 cm³/mol. The fourth-order valence-electron chi connectivity index (χ4n) is 1.85. The Morgan fingerprint density at radius 3 is 2.47 bits per heavy atom. The fraction of sp³-hybridized carbons (Fsp3) is 0.133. The summed E-state index contributed by atoms with van der Waals surface area (Å²) in [5, 5.41) is 18.8. The van der Waals surface area contributed by atoms with Gasteiger partial charge < -0.3 is 5.11 Å². The summed E-state index contributed by atoms with van der Waals surface area (Å²) in [5.41, 5.74) is 4.46. The Hall–Kier alpha value is -2.27. The molecule has 0 aliphatic rings. The van der Waals surface area contributed by atoms with Crippen LogP contribution in [0.1, 0.15) is 16.7 Å². The number of aromatic hydroxyl groups is 1. The summed E-state index contributed by atoms with van der Waals surface area (Å²) in [6.07, 6.45) is 0. The molecule has 0 saturated carbocycles. The van der Waals surface area contributed by atoms with Gasteiger partial charge in [0.1, 0.15) is 5.75 Å². The Labute approximate surface area is 101 Å². The highest BCUT2D eigenvalue weighted by Gasteiger charge is 2.08. The Kier molecular flexibility index (Phi) is 2.84. The summed E-state index contributed by atoms with van der Waals surface area (Å²) in [5.74, 6) is 0.206. The van der Waals surface area contributed by atoms with Crippen molar-refractivity contribution >= 4 is 0 Å². The van der Waals surface area contributed by atoms with E-state index in [1.165, 1.54) is 0 Å². The average molecular weight is 223 g/mol. The lowest BCUT2D eigenvalue weighted by Crippen LogP contribution is -1.87. The first-order valence-corrected chi connectivity index (χ1v) is 5.42. The molecule has 0 atom stereocenters. The molecule has 0 bridgehead atoms. The normalized spacial score (nSPS) is 9.94. The maximum Gasteiger partial charge on any atom is 0.123 e. The summed E-state index contributed by atoms with van der Waals surface area (Å²) in [6, 6.07) is 13.1. The minimum Gasteiger partial charge on any atom is -0.507 e. The molecule has 2 heteroatoms. The van der Waals surface area contributed by atoms with Crippen molar-refractivity contribution in [2.24, 2.45) is 0 Å². The molecule has 84 valence electrons. The highest BCUT2D eigenvalue weighted by Crippen LogP contribution is 2.32. The van der Waals surface area contributed by atoms with Gasteiger partial charge in [0.05, 0.1) is 11.6 Å². The van der Waals surface area contributed by atoms with E-state index in [0.29, 0.717) is 11.1 Å². The third kappa shape index (κ3) is 2.14. The molecule has 0 saturated heterocycles. The molecule has 1 N–H and O–H groups in total. The minimum absolute atomic E-state index is 0.206. The highest BCUT2D eigenvalue weighted by atomic mass is 16.3. The summed E-state index contributed by atoms with van der Waals surface area (Å²) in [7, 11) is 0. The van der Waals surface area contributed by atoms with Gasteiger partial charge in [-0.25, -0.2) is 0 Å². The van der Waals surface area contributed by atoms with Crippen molar-refractivity contribution in [2.45, 2.75) is 13.8 Å². The number of nitriles is 1. The van der Waals surface area contributed by atoms with Crippen LogP contribution in [0, 0.1) is 25.2 Å². The third-order valence-electron chi connectivity index (χ3n) is 2.81. The van der Waals surface area contributed by atoms with Crippen LogP contribution in [0.2, 0.25) is 0 Å². The Morgan fingerprint density at radius 2 is 1.76 bits per heavy atom. The van der Waals surface area contributed by atoms with Crippen LogP contribution in [0.4, 0.5) is 0 Å². The van der Waals surface area contributed by atoms with Crippen molar-refractivity contribution in [3.05, 3.63) is 53.1 Å². The number of rotatable bonds is 1. The monoisotopic (exact) mass is 223 g/mol. The van der Waals surface area contributed by atoms with Gasteiger partial charge in [-0.1, -0.05) is 23.8 Å². The number of phenols is 1. The van der Waals surface area contributed by atoms with Crippen LogP contribution in [0.25, 0.3) is 11.1 Å². The summed E-state index contributed by atoms with van der Waals surface area (Å²) in [4.78, 5) is 0. The van der Waals surface area contributed by atoms with E-state index in [9.17, 15) is 5.11 Å². The SMILES string of the molecule is Cc1ccc(C)c(-c2cc(C#N)ccc2O)c1. The molecular weight excluding hydrogens is 210 g/mol. The molecule has 2 rings (SSSR count). The van der Waals surface area contributed by atoms with Crippen LogP contribution in [-0.2, 0) is 0 Å². The van der Waals surface area contributed by atoms with Crippen LogP contribution in [0.15, 0.2) is 36.4 Å². The lowest BCUT2D eigenvalue weighted by atomic mass is 9.96. The second kappa shape index (κ2) is 4.31. The van der Waals surface area contributed by atoms with E-state index in [0.717, 1.165) is 16.7 Å². The molecule has 0 unspecified atom stereocenters. The molecule has 0 fully saturated rings. The van der Waals surface area contributed by atoms with Crippen molar-refractivity contribution in [1.82, 2.24) is 0 Å². The quantitative estimate of drug-likeness (QED) is 0.803. The van der Waals surface area contributed by atoms with Gasteiger partial charge in [-0.2, -0.15) is 5.26 Å². The summed E-state index contributed by atoms with van der Waals surface area (Å²) >= 11 is 0. The molecule has 0 aliphatic carbocycles. The first kappa shape index (κ1) is 11.2. The van der Waals surface area contributed by atoms with Gasteiger partial charge >= 0.3 is 0 Å². The summed E-state index contributed by atoms with van der Waals surface area (Å²) < 4.78 is 0. The van der Waals surface area contributed by atoms with Gasteiger partial charge in [0, 0.05) is 5.56 Å². The van der Waals surface area contributed by atoms with E-state index >= 15 is 0 Å². The van der Waals surface area contributed by atoms with E-state index in [1.54, 1.807) is 18.2 Å². The van der Waals surface area contributed by atoms with Gasteiger partial charge in [0.25, 0.3) is 0 Å². The van der Waals surface area contributed by atoms with Crippen molar-refractivity contribution in [3.63, 3.8) is 0 Å². The second-order valence-corrected chi connectivity index (χ2v) is 4.16. The molecule has 0 heterocycles. The largest absolute Gasteiger partial charge is 0.507 e. The Morgan fingerprint density at radius 1 is 1.00 bits per heavy atom. The molecule has 2 aromatic carbocycles. The first-order chi connectivity index (χ1) is 8.11. The number of phenolic OH excluding ortho intramolecular Hbond substituents is 1. The molecule has 2 nitrogen and oxygen atoms in total. The number of hydrogen-bond donors (Lipinski definition) is 1. The zero-order valence-electron chi connectivity index (χ0n) is 9.86. The molecule has 0 amide bonds. The Balaban J connectivity index is 2.68. The molecule has 2 aromatic rings. The standard InChI is InChI=1S/C15H13NO/c1-10-3-4-11(2)13(7-10)14-8-12(9-16)5-6-15(14)17/h3-8,17H,1-2H3. The molecular formula is C15H13NO. The van der Waals surface area contributed by atoms with Gasteiger partial charge in [0.15, 0.2) is 0 Å². The first-order valence-electron chi connectivity index (χ1n) is 5.42. The van der Waals surface area contributed by atoms with Gasteiger partial charge in [-0.15, -0.1) is 0 Å². The lowest BCUT2D eigenvalue weighted by Gasteiger charge is -2.09. The number of hydrogen-bond acceptors (Lipinski definition) is 2. The highest BCUT2D eigenvalue weighted by molar-refractivity contribution is 5.74. The van der Waals surface area contributed by atoms with E-state index < -0.39 is 0 Å². The van der Waals surface area contributed by atoms with Crippen LogP contribution < -0.4 is 0 Å². The smallest absolute Gasteiger partial charge is 0.123 e. The van der Waals surface area contributed by atoms with E-state index in [4.69, 9.17) is 5.26 Å². The van der Waals surface area contributed by atoms with Gasteiger partial charge in [-0.05, 0) is 43.2 Å². The van der Waals surface area contributed by atoms with Crippen LogP contribution in [0.3, 0.4) is 0 Å². The lowest BCUT2D eigenvalue weighted by molar-refractivity contribution is 0.477. The predicted octanol–water partition coefficient (Wildman–Crippen LogP) is 3.55. The summed E-state index contributed by atoms with van der Waals surface area (Å²) in [6.45, 7) is 4.00. The molecule has 17 heavy (non-hydrogen) atoms. The minimum atomic E-state index is 0.206. The van der Waals surface area contributed by atoms with Crippen molar-refractivity contribution in [2.75, 3.05) is 0 Å². The maximum atomic E-state index is 9.89. The number of benzene rings is 2. The zero-order chi connectivity index (χ0) is 12.4. The topological polar surface area (TPSA) is 44.0 Å². The number of nitrogens with zero attached hydrogens (tertiary/aromatic N) is 1. The van der Waals surface area contributed by atoms with E-state index in [-0.39, 0.29) is 5.75 Å². The van der Waals surface area contributed by atoms with Gasteiger partial charge in [-0.3, -0.25) is 0 Å². The Bertz CT molecular complexity index is 609. The van der Waals surface area contributed by atoms with Crippen molar-refractivity contribution in [1.29, 1.82) is 5.26 Å². The molecule has 0 aromatic heterocycles. The van der Waals surface area contributed by atoms with Crippen LogP contribution in [0.5, 0.6) is 5.75 Å². The fourth-order valence-corrected chi connectivity index (χ4v) is 1.85. The van der Waals surface area contributed by atoms with Crippen molar-refractivity contribution < 1.29 is 5.11 Å². The zero-order valence-corrected chi connectivity index (χ0v) is 9.86. The van der Waals surface area contributed by atoms with Crippen molar-refractivity contribution in [3.8, 4) is 22.9 Å². The van der Waals surface area contributed by atoms with Gasteiger partial charge in [0.2, 0.25) is 0 Å². The second-order valence-electron chi connectivity index (χ2n) is 4.16. The van der Waals surface area contributed by atoms with Crippen LogP contribution >= 0.6 is 0 Å². The van der Waals surface area contributed by atoms with E-state index in [1.807, 2.05) is 32.0 Å². The molecule has 0 radical (unpaired) electrons. The third-order valence-corrected chi connectivity index (χ3v) is 2.81. The van der Waals surface area contributed by atoms with E-state index in [2.05, 4.69) is 6.07 Å². The average Bonchev–Trinajstić information content (AvgIpc) is 2.33. The molecule has 0 spiro atoms. The molecule has 0 aliphatic heterocycles. The maximum absolute atomic E-state index is 9.89.